The fourth-order valence-electron chi connectivity index (χ4n) is 3.60. The fraction of sp³-hybridized carbons (Fsp3) is 0.409. The second kappa shape index (κ2) is 9.11. The minimum Gasteiger partial charge on any atom is -0.444 e. The van der Waals surface area contributed by atoms with Crippen molar-refractivity contribution < 1.29 is 9.53 Å². The van der Waals surface area contributed by atoms with Crippen LogP contribution in [-0.2, 0) is 11.3 Å². The maximum atomic E-state index is 12.7. The first-order valence-electron chi connectivity index (χ1n) is 10.6. The molecule has 9 nitrogen and oxygen atoms in total. The molecule has 1 saturated heterocycles. The number of carbonyl (C=O) groups excluding carboxylic acids is 1. The van der Waals surface area contributed by atoms with Crippen molar-refractivity contribution in [2.75, 3.05) is 31.1 Å². The summed E-state index contributed by atoms with van der Waals surface area (Å²) in [5, 5.41) is 9.26. The Balaban J connectivity index is 1.60. The Labute approximate surface area is 200 Å². The SMILES string of the molecule is CC(C)(C)OC(=O)N1CCN(c2cc3c(nn2)c(=S)[nH]c(=O)n3Cc2ccc(Cl)cc2)CC1. The number of carbonyl (C=O) groups is 1. The molecule has 0 saturated carbocycles. The summed E-state index contributed by atoms with van der Waals surface area (Å²) >= 11 is 11.3. The lowest BCUT2D eigenvalue weighted by atomic mass is 10.2. The number of amides is 1. The van der Waals surface area contributed by atoms with E-state index in [-0.39, 0.29) is 16.4 Å². The molecule has 1 aliphatic heterocycles. The molecule has 0 bridgehead atoms. The third kappa shape index (κ3) is 5.33. The van der Waals surface area contributed by atoms with Crippen LogP contribution in [0.2, 0.25) is 5.02 Å². The molecule has 1 amide bonds. The van der Waals surface area contributed by atoms with E-state index in [0.29, 0.717) is 54.6 Å². The quantitative estimate of drug-likeness (QED) is 0.562. The molecule has 0 atom stereocenters. The number of piperazine rings is 1. The third-order valence-electron chi connectivity index (χ3n) is 5.24. The molecule has 1 fully saturated rings. The number of hydrogen-bond acceptors (Lipinski definition) is 7. The lowest BCUT2D eigenvalue weighted by Gasteiger charge is -2.36. The number of aromatic nitrogens is 4. The minimum atomic E-state index is -0.537. The zero-order chi connectivity index (χ0) is 23.8. The van der Waals surface area contributed by atoms with Gasteiger partial charge >= 0.3 is 11.8 Å². The molecule has 0 spiro atoms. The maximum Gasteiger partial charge on any atom is 0.410 e. The van der Waals surface area contributed by atoms with Crippen molar-refractivity contribution in [3.05, 3.63) is 56.0 Å². The van der Waals surface area contributed by atoms with Gasteiger partial charge in [-0.25, -0.2) is 9.59 Å². The summed E-state index contributed by atoms with van der Waals surface area (Å²) < 4.78 is 7.29. The van der Waals surface area contributed by atoms with E-state index in [2.05, 4.69) is 15.2 Å². The first-order chi connectivity index (χ1) is 15.6. The Morgan fingerprint density at radius 1 is 1.15 bits per heavy atom. The van der Waals surface area contributed by atoms with Gasteiger partial charge in [0.15, 0.2) is 5.82 Å². The van der Waals surface area contributed by atoms with Gasteiger partial charge in [-0.2, -0.15) is 0 Å². The topological polar surface area (TPSA) is 96.3 Å². The first-order valence-corrected chi connectivity index (χ1v) is 11.4. The number of rotatable bonds is 3. The highest BCUT2D eigenvalue weighted by Crippen LogP contribution is 2.20. The molecular formula is C22H25ClN6O3S. The predicted molar refractivity (Wildman–Crippen MR) is 130 cm³/mol. The Morgan fingerprint density at radius 2 is 1.82 bits per heavy atom. The number of H-pyrrole nitrogens is 1. The largest absolute Gasteiger partial charge is 0.444 e. The van der Waals surface area contributed by atoms with Crippen LogP contribution >= 0.6 is 23.8 Å². The van der Waals surface area contributed by atoms with Crippen LogP contribution in [0.15, 0.2) is 35.1 Å². The molecule has 3 heterocycles. The van der Waals surface area contributed by atoms with Crippen LogP contribution in [0.1, 0.15) is 26.3 Å². The number of anilines is 1. The second-order valence-corrected chi connectivity index (χ2v) is 9.71. The van der Waals surface area contributed by atoms with Crippen LogP contribution in [0.25, 0.3) is 11.0 Å². The van der Waals surface area contributed by atoms with Crippen LogP contribution in [0, 0.1) is 4.64 Å². The summed E-state index contributed by atoms with van der Waals surface area (Å²) in [5.41, 5.74) is 1.10. The van der Waals surface area contributed by atoms with Crippen molar-refractivity contribution in [3.63, 3.8) is 0 Å². The van der Waals surface area contributed by atoms with Gasteiger partial charge in [-0.05, 0) is 38.5 Å². The lowest BCUT2D eigenvalue weighted by molar-refractivity contribution is 0.0240. The number of aromatic amines is 1. The summed E-state index contributed by atoms with van der Waals surface area (Å²) in [5.74, 6) is 0.621. The first kappa shape index (κ1) is 23.2. The van der Waals surface area contributed by atoms with E-state index in [4.69, 9.17) is 28.6 Å². The molecule has 33 heavy (non-hydrogen) atoms. The highest BCUT2D eigenvalue weighted by Gasteiger charge is 2.26. The number of nitrogens with zero attached hydrogens (tertiary/aromatic N) is 5. The smallest absolute Gasteiger partial charge is 0.410 e. The number of ether oxygens (including phenoxy) is 1. The monoisotopic (exact) mass is 488 g/mol. The standard InChI is InChI=1S/C22H25ClN6O3S/c1-22(2,3)32-21(31)28-10-8-27(9-11-28)17-12-16-18(26-25-17)19(33)24-20(30)29(16)13-14-4-6-15(23)7-5-14/h4-7,12H,8-11,13H2,1-3H3,(H,24,30,33). The molecule has 1 aliphatic rings. The Morgan fingerprint density at radius 3 is 2.45 bits per heavy atom. The summed E-state index contributed by atoms with van der Waals surface area (Å²) in [6.45, 7) is 8.01. The van der Waals surface area contributed by atoms with Crippen LogP contribution in [0.5, 0.6) is 0 Å². The van der Waals surface area contributed by atoms with E-state index in [0.717, 1.165) is 5.56 Å². The highest BCUT2D eigenvalue weighted by atomic mass is 35.5. The van der Waals surface area contributed by atoms with Gasteiger partial charge in [0, 0.05) is 37.3 Å². The molecular weight excluding hydrogens is 464 g/mol. The van der Waals surface area contributed by atoms with Gasteiger partial charge in [-0.15, -0.1) is 10.2 Å². The average molecular weight is 489 g/mol. The maximum absolute atomic E-state index is 12.7. The van der Waals surface area contributed by atoms with Crippen LogP contribution in [0.4, 0.5) is 10.6 Å². The fourth-order valence-corrected chi connectivity index (χ4v) is 3.96. The highest BCUT2D eigenvalue weighted by molar-refractivity contribution is 7.71. The molecule has 0 aliphatic carbocycles. The van der Waals surface area contributed by atoms with Crippen LogP contribution < -0.4 is 10.6 Å². The summed E-state index contributed by atoms with van der Waals surface area (Å²) in [6, 6.07) is 9.13. The molecule has 2 aromatic heterocycles. The minimum absolute atomic E-state index is 0.246. The number of nitrogens with one attached hydrogen (secondary N) is 1. The lowest BCUT2D eigenvalue weighted by Crippen LogP contribution is -2.50. The van der Waals surface area contributed by atoms with Gasteiger partial charge in [0.25, 0.3) is 0 Å². The second-order valence-electron chi connectivity index (χ2n) is 8.86. The molecule has 0 radical (unpaired) electrons. The number of hydrogen-bond donors (Lipinski definition) is 1. The summed E-state index contributed by atoms with van der Waals surface area (Å²) in [7, 11) is 0. The van der Waals surface area contributed by atoms with E-state index in [1.54, 1.807) is 21.6 Å². The van der Waals surface area contributed by atoms with Crippen LogP contribution in [0.3, 0.4) is 0 Å². The number of halogens is 1. The predicted octanol–water partition coefficient (Wildman–Crippen LogP) is 3.61. The molecule has 174 valence electrons. The Hall–Kier alpha value is -2.98. The molecule has 3 aromatic rings. The van der Waals surface area contributed by atoms with Crippen molar-refractivity contribution in [2.45, 2.75) is 32.9 Å². The molecule has 0 unspecified atom stereocenters. The summed E-state index contributed by atoms with van der Waals surface area (Å²) in [4.78, 5) is 31.5. The Bertz CT molecular complexity index is 1290. The number of fused-ring (bicyclic) bond motifs is 1. The molecule has 11 heteroatoms. The van der Waals surface area contributed by atoms with Crippen molar-refractivity contribution in [2.24, 2.45) is 0 Å². The zero-order valence-electron chi connectivity index (χ0n) is 18.7. The molecule has 1 aromatic carbocycles. The zero-order valence-corrected chi connectivity index (χ0v) is 20.2. The van der Waals surface area contributed by atoms with Gasteiger partial charge in [-0.3, -0.25) is 9.55 Å². The van der Waals surface area contributed by atoms with E-state index in [1.807, 2.05) is 43.9 Å². The normalized spacial score (nSPS) is 14.5. The van der Waals surface area contributed by atoms with Gasteiger partial charge in [-0.1, -0.05) is 36.0 Å². The number of benzene rings is 1. The van der Waals surface area contributed by atoms with Crippen LogP contribution in [-0.4, -0.2) is 62.5 Å². The van der Waals surface area contributed by atoms with E-state index >= 15 is 0 Å². The van der Waals surface area contributed by atoms with Crippen molar-refractivity contribution in [1.29, 1.82) is 0 Å². The van der Waals surface area contributed by atoms with Gasteiger partial charge in [0.1, 0.15) is 15.8 Å². The summed E-state index contributed by atoms with van der Waals surface area (Å²) in [6.07, 6.45) is -0.324. The van der Waals surface area contributed by atoms with Crippen molar-refractivity contribution >= 4 is 46.8 Å². The Kier molecular flexibility index (Phi) is 6.40. The molecule has 4 rings (SSSR count). The van der Waals surface area contributed by atoms with Crippen molar-refractivity contribution in [1.82, 2.24) is 24.6 Å². The van der Waals surface area contributed by atoms with E-state index in [9.17, 15) is 9.59 Å². The van der Waals surface area contributed by atoms with E-state index in [1.165, 1.54) is 0 Å². The van der Waals surface area contributed by atoms with E-state index < -0.39 is 5.60 Å². The van der Waals surface area contributed by atoms with Crippen molar-refractivity contribution in [3.8, 4) is 0 Å². The molecule has 1 N–H and O–H groups in total. The average Bonchev–Trinajstić information content (AvgIpc) is 2.76. The third-order valence-corrected chi connectivity index (χ3v) is 5.79. The van der Waals surface area contributed by atoms with Gasteiger partial charge in [0.05, 0.1) is 12.1 Å². The van der Waals surface area contributed by atoms with Gasteiger partial charge in [0.2, 0.25) is 0 Å². The van der Waals surface area contributed by atoms with Gasteiger partial charge < -0.3 is 14.5 Å².